The Labute approximate surface area is 100 Å². The van der Waals surface area contributed by atoms with Gasteiger partial charge in [-0.25, -0.2) is 0 Å². The van der Waals surface area contributed by atoms with Crippen molar-refractivity contribution in [1.82, 2.24) is 0 Å². The molecule has 0 spiro atoms. The van der Waals surface area contributed by atoms with E-state index in [2.05, 4.69) is 13.8 Å². The van der Waals surface area contributed by atoms with Gasteiger partial charge in [-0.1, -0.05) is 39.5 Å². The molecule has 1 rings (SSSR count). The largest absolute Gasteiger partial charge is 0.390 e. The standard InChI is InChI=1S/C14H28O2/c1-3-5-6-7-10-16-14-11-12(4-2)8-9-13(14)15/h12-15H,3-11H2,1-2H3. The molecule has 1 saturated carbocycles. The highest BCUT2D eigenvalue weighted by molar-refractivity contribution is 4.79. The van der Waals surface area contributed by atoms with Gasteiger partial charge in [0.2, 0.25) is 0 Å². The summed E-state index contributed by atoms with van der Waals surface area (Å²) in [5, 5.41) is 9.86. The van der Waals surface area contributed by atoms with Gasteiger partial charge >= 0.3 is 0 Å². The second kappa shape index (κ2) is 8.08. The fourth-order valence-corrected chi connectivity index (χ4v) is 2.51. The summed E-state index contributed by atoms with van der Waals surface area (Å²) in [4.78, 5) is 0. The first-order chi connectivity index (χ1) is 7.77. The normalized spacial score (nSPS) is 30.6. The Bertz CT molecular complexity index is 170. The fourth-order valence-electron chi connectivity index (χ4n) is 2.51. The van der Waals surface area contributed by atoms with Crippen molar-refractivity contribution in [3.05, 3.63) is 0 Å². The summed E-state index contributed by atoms with van der Waals surface area (Å²) in [5.74, 6) is 0.768. The number of ether oxygens (including phenoxy) is 1. The maximum absolute atomic E-state index is 9.86. The van der Waals surface area contributed by atoms with Gasteiger partial charge in [0.1, 0.15) is 0 Å². The molecule has 0 aliphatic heterocycles. The van der Waals surface area contributed by atoms with Crippen LogP contribution in [-0.2, 0) is 4.74 Å². The zero-order valence-electron chi connectivity index (χ0n) is 11.0. The van der Waals surface area contributed by atoms with Crippen molar-refractivity contribution in [2.24, 2.45) is 5.92 Å². The van der Waals surface area contributed by atoms with Gasteiger partial charge in [-0.3, -0.25) is 0 Å². The highest BCUT2D eigenvalue weighted by Gasteiger charge is 2.28. The first-order valence-electron chi connectivity index (χ1n) is 7.07. The van der Waals surface area contributed by atoms with Crippen LogP contribution >= 0.6 is 0 Å². The molecule has 0 aromatic rings. The molecule has 0 heterocycles. The zero-order chi connectivity index (χ0) is 11.8. The summed E-state index contributed by atoms with van der Waals surface area (Å²) in [7, 11) is 0. The molecular formula is C14H28O2. The molecule has 0 radical (unpaired) electrons. The third kappa shape index (κ3) is 4.84. The zero-order valence-corrected chi connectivity index (χ0v) is 11.0. The number of hydrogen-bond acceptors (Lipinski definition) is 2. The molecule has 0 aromatic carbocycles. The predicted molar refractivity (Wildman–Crippen MR) is 67.5 cm³/mol. The minimum Gasteiger partial charge on any atom is -0.390 e. The van der Waals surface area contributed by atoms with E-state index < -0.39 is 0 Å². The lowest BCUT2D eigenvalue weighted by atomic mass is 9.84. The highest BCUT2D eigenvalue weighted by atomic mass is 16.5. The van der Waals surface area contributed by atoms with Crippen LogP contribution in [0.5, 0.6) is 0 Å². The number of aliphatic hydroxyl groups is 1. The molecule has 3 atom stereocenters. The van der Waals surface area contributed by atoms with Crippen LogP contribution in [0, 0.1) is 5.92 Å². The van der Waals surface area contributed by atoms with Crippen molar-refractivity contribution in [2.75, 3.05) is 6.61 Å². The third-order valence-corrected chi connectivity index (χ3v) is 3.77. The van der Waals surface area contributed by atoms with Crippen LogP contribution < -0.4 is 0 Å². The molecule has 0 amide bonds. The van der Waals surface area contributed by atoms with E-state index >= 15 is 0 Å². The van der Waals surface area contributed by atoms with Gasteiger partial charge in [0, 0.05) is 6.61 Å². The van der Waals surface area contributed by atoms with Gasteiger partial charge in [-0.15, -0.1) is 0 Å². The number of aliphatic hydroxyl groups excluding tert-OH is 1. The number of rotatable bonds is 7. The number of hydrogen-bond donors (Lipinski definition) is 1. The van der Waals surface area contributed by atoms with Crippen LogP contribution in [0.15, 0.2) is 0 Å². The predicted octanol–water partition coefficient (Wildman–Crippen LogP) is 3.52. The fraction of sp³-hybridized carbons (Fsp3) is 1.00. The van der Waals surface area contributed by atoms with Crippen molar-refractivity contribution >= 4 is 0 Å². The van der Waals surface area contributed by atoms with Gasteiger partial charge in [0.25, 0.3) is 0 Å². The molecule has 1 aliphatic rings. The summed E-state index contributed by atoms with van der Waals surface area (Å²) in [5.41, 5.74) is 0. The Morgan fingerprint density at radius 2 is 1.94 bits per heavy atom. The van der Waals surface area contributed by atoms with Gasteiger partial charge in [0.15, 0.2) is 0 Å². The van der Waals surface area contributed by atoms with Crippen molar-refractivity contribution in [2.45, 2.75) is 77.4 Å². The van der Waals surface area contributed by atoms with Gasteiger partial charge < -0.3 is 9.84 Å². The van der Waals surface area contributed by atoms with E-state index in [4.69, 9.17) is 4.74 Å². The van der Waals surface area contributed by atoms with Crippen LogP contribution in [0.4, 0.5) is 0 Å². The molecule has 0 bridgehead atoms. The molecule has 0 saturated heterocycles. The smallest absolute Gasteiger partial charge is 0.0836 e. The Balaban J connectivity index is 2.13. The molecule has 1 N–H and O–H groups in total. The SMILES string of the molecule is CCCCCCOC1CC(CC)CCC1O. The average Bonchev–Trinajstić information content (AvgIpc) is 2.31. The second-order valence-corrected chi connectivity index (χ2v) is 5.12. The highest BCUT2D eigenvalue weighted by Crippen LogP contribution is 2.28. The van der Waals surface area contributed by atoms with Crippen LogP contribution in [0.25, 0.3) is 0 Å². The molecule has 1 aliphatic carbocycles. The molecule has 96 valence electrons. The minimum absolute atomic E-state index is 0.111. The Morgan fingerprint density at radius 3 is 2.62 bits per heavy atom. The van der Waals surface area contributed by atoms with Crippen molar-refractivity contribution in [1.29, 1.82) is 0 Å². The van der Waals surface area contributed by atoms with Crippen LogP contribution in [0.2, 0.25) is 0 Å². The van der Waals surface area contributed by atoms with E-state index in [1.165, 1.54) is 32.1 Å². The van der Waals surface area contributed by atoms with E-state index in [1.807, 2.05) is 0 Å². The molecular weight excluding hydrogens is 200 g/mol. The summed E-state index contributed by atoms with van der Waals surface area (Å²) in [6.07, 6.45) is 9.26. The van der Waals surface area contributed by atoms with E-state index in [1.54, 1.807) is 0 Å². The second-order valence-electron chi connectivity index (χ2n) is 5.12. The first-order valence-corrected chi connectivity index (χ1v) is 7.07. The van der Waals surface area contributed by atoms with Gasteiger partial charge in [-0.05, 0) is 31.6 Å². The first kappa shape index (κ1) is 14.0. The quantitative estimate of drug-likeness (QED) is 0.676. The van der Waals surface area contributed by atoms with E-state index in [9.17, 15) is 5.11 Å². The maximum Gasteiger partial charge on any atom is 0.0836 e. The lowest BCUT2D eigenvalue weighted by Gasteiger charge is -2.32. The van der Waals surface area contributed by atoms with Crippen molar-refractivity contribution in [3.8, 4) is 0 Å². The monoisotopic (exact) mass is 228 g/mol. The van der Waals surface area contributed by atoms with E-state index in [0.717, 1.165) is 31.8 Å². The third-order valence-electron chi connectivity index (χ3n) is 3.77. The lowest BCUT2D eigenvalue weighted by Crippen LogP contribution is -2.36. The van der Waals surface area contributed by atoms with Crippen LogP contribution in [-0.4, -0.2) is 23.9 Å². The Hall–Kier alpha value is -0.0800. The molecule has 0 aromatic heterocycles. The summed E-state index contributed by atoms with van der Waals surface area (Å²) >= 11 is 0. The summed E-state index contributed by atoms with van der Waals surface area (Å²) in [6.45, 7) is 5.29. The van der Waals surface area contributed by atoms with Gasteiger partial charge in [0.05, 0.1) is 12.2 Å². The topological polar surface area (TPSA) is 29.5 Å². The molecule has 3 unspecified atom stereocenters. The van der Waals surface area contributed by atoms with Gasteiger partial charge in [-0.2, -0.15) is 0 Å². The van der Waals surface area contributed by atoms with Crippen molar-refractivity contribution < 1.29 is 9.84 Å². The van der Waals surface area contributed by atoms with Crippen LogP contribution in [0.1, 0.15) is 65.2 Å². The Kier molecular flexibility index (Phi) is 7.06. The summed E-state index contributed by atoms with van der Waals surface area (Å²) < 4.78 is 5.82. The minimum atomic E-state index is -0.214. The van der Waals surface area contributed by atoms with E-state index in [0.29, 0.717) is 0 Å². The van der Waals surface area contributed by atoms with E-state index in [-0.39, 0.29) is 12.2 Å². The molecule has 1 fully saturated rings. The average molecular weight is 228 g/mol. The maximum atomic E-state index is 9.86. The summed E-state index contributed by atoms with van der Waals surface area (Å²) in [6, 6.07) is 0. The van der Waals surface area contributed by atoms with Crippen LogP contribution in [0.3, 0.4) is 0 Å². The number of unbranched alkanes of at least 4 members (excludes halogenated alkanes) is 3. The lowest BCUT2D eigenvalue weighted by molar-refractivity contribution is -0.0723. The Morgan fingerprint density at radius 1 is 1.12 bits per heavy atom. The molecule has 2 heteroatoms. The van der Waals surface area contributed by atoms with Crippen molar-refractivity contribution in [3.63, 3.8) is 0 Å². The molecule has 16 heavy (non-hydrogen) atoms. The molecule has 2 nitrogen and oxygen atoms in total.